The molecule has 3 aromatic rings. The van der Waals surface area contributed by atoms with Crippen LogP contribution in [0.15, 0.2) is 48.5 Å². The third-order valence-corrected chi connectivity index (χ3v) is 4.24. The first-order valence-electron chi connectivity index (χ1n) is 9.85. The maximum atomic E-state index is 2.37. The highest BCUT2D eigenvalue weighted by molar-refractivity contribution is 6.02. The minimum Gasteiger partial charge on any atom is -0.0683 e. The molecule has 0 fully saturated rings. The van der Waals surface area contributed by atoms with Crippen LogP contribution in [0.3, 0.4) is 0 Å². The molecule has 0 aromatic heterocycles. The lowest BCUT2D eigenvalue weighted by atomic mass is 9.94. The molecule has 1 aliphatic rings. The highest BCUT2D eigenvalue weighted by Crippen LogP contribution is 2.42. The van der Waals surface area contributed by atoms with E-state index in [0.29, 0.717) is 0 Å². The lowest BCUT2D eigenvalue weighted by Gasteiger charge is -2.09. The average molecular weight is 335 g/mol. The highest BCUT2D eigenvalue weighted by Gasteiger charge is 2.21. The molecular weight excluding hydrogens is 300 g/mol. The first-order chi connectivity index (χ1) is 12.2. The van der Waals surface area contributed by atoms with Gasteiger partial charge in [0.2, 0.25) is 0 Å². The van der Waals surface area contributed by atoms with Gasteiger partial charge in [0.25, 0.3) is 0 Å². The molecule has 4 rings (SSSR count). The number of fused-ring (bicyclic) bond motifs is 5. The average Bonchev–Trinajstić information content (AvgIpc) is 3.04. The number of hydrogen-bond donors (Lipinski definition) is 0. The molecule has 0 unspecified atom stereocenters. The summed E-state index contributed by atoms with van der Waals surface area (Å²) in [6, 6.07) is 18.0. The van der Waals surface area contributed by atoms with E-state index in [0.717, 1.165) is 6.42 Å². The summed E-state index contributed by atoms with van der Waals surface area (Å²) in [4.78, 5) is 0. The zero-order valence-electron chi connectivity index (χ0n) is 17.3. The van der Waals surface area contributed by atoms with Crippen molar-refractivity contribution < 1.29 is 0 Å². The predicted octanol–water partition coefficient (Wildman–Crippen LogP) is 8.11. The van der Waals surface area contributed by atoms with Crippen LogP contribution >= 0.6 is 0 Å². The Kier molecular flexibility index (Phi) is 8.41. The van der Waals surface area contributed by atoms with Crippen molar-refractivity contribution in [2.45, 2.75) is 61.8 Å². The van der Waals surface area contributed by atoms with Crippen molar-refractivity contribution in [3.05, 3.63) is 70.8 Å². The van der Waals surface area contributed by atoms with E-state index in [1.54, 1.807) is 0 Å². The fraction of sp³-hybridized carbons (Fsp3) is 0.360. The first-order valence-corrected chi connectivity index (χ1v) is 9.85. The molecule has 0 aliphatic heterocycles. The summed E-state index contributed by atoms with van der Waals surface area (Å²) >= 11 is 0. The van der Waals surface area contributed by atoms with Crippen molar-refractivity contribution in [2.75, 3.05) is 0 Å². The second kappa shape index (κ2) is 10.0. The lowest BCUT2D eigenvalue weighted by Crippen LogP contribution is -1.86. The van der Waals surface area contributed by atoms with Gasteiger partial charge in [-0.15, -0.1) is 0 Å². The minimum absolute atomic E-state index is 1.08. The van der Waals surface area contributed by atoms with Crippen molar-refractivity contribution in [1.29, 1.82) is 0 Å². The van der Waals surface area contributed by atoms with Crippen LogP contribution < -0.4 is 0 Å². The first kappa shape index (κ1) is 21.0. The second-order valence-corrected chi connectivity index (χ2v) is 5.61. The van der Waals surface area contributed by atoms with E-state index in [9.17, 15) is 0 Å². The molecule has 1 aliphatic carbocycles. The van der Waals surface area contributed by atoms with E-state index in [2.05, 4.69) is 62.4 Å². The number of hydrogen-bond acceptors (Lipinski definition) is 0. The van der Waals surface area contributed by atoms with Gasteiger partial charge in [-0.3, -0.25) is 0 Å². The van der Waals surface area contributed by atoms with Crippen LogP contribution in [0.4, 0.5) is 0 Å². The molecular formula is C25H34. The molecule has 0 spiro atoms. The van der Waals surface area contributed by atoms with Gasteiger partial charge in [0.1, 0.15) is 0 Å². The molecule has 0 radical (unpaired) electrons. The molecule has 0 N–H and O–H groups in total. The number of aryl methyl sites for hydroxylation is 2. The van der Waals surface area contributed by atoms with Crippen LogP contribution in [-0.2, 0) is 6.42 Å². The van der Waals surface area contributed by atoms with Gasteiger partial charge in [0, 0.05) is 0 Å². The van der Waals surface area contributed by atoms with Gasteiger partial charge in [0.05, 0.1) is 0 Å². The highest BCUT2D eigenvalue weighted by atomic mass is 14.2. The van der Waals surface area contributed by atoms with Crippen LogP contribution in [0.5, 0.6) is 0 Å². The lowest BCUT2D eigenvalue weighted by molar-refractivity contribution is 1.24. The normalized spacial score (nSPS) is 10.2. The summed E-state index contributed by atoms with van der Waals surface area (Å²) in [7, 11) is 0. The standard InChI is InChI=1S/C19H16.3C2H6/c1-12-7-8-17-14(9-12)11-15-10-13(2)16-5-3-4-6-18(16)19(15)17;3*1-2/h3-10H,11H2,1-2H3;3*1-2H3. The molecule has 0 saturated carbocycles. The van der Waals surface area contributed by atoms with Gasteiger partial charge in [-0.2, -0.15) is 0 Å². The molecule has 0 heteroatoms. The van der Waals surface area contributed by atoms with Gasteiger partial charge < -0.3 is 0 Å². The molecule has 0 saturated heterocycles. The molecule has 134 valence electrons. The van der Waals surface area contributed by atoms with Crippen molar-refractivity contribution in [3.63, 3.8) is 0 Å². The summed E-state index contributed by atoms with van der Waals surface area (Å²) in [5.41, 5.74) is 8.59. The van der Waals surface area contributed by atoms with Gasteiger partial charge in [0.15, 0.2) is 0 Å². The Labute approximate surface area is 154 Å². The molecule has 3 aromatic carbocycles. The SMILES string of the molecule is CC.CC.CC.Cc1ccc2c(c1)Cc1cc(C)c3ccccc3c1-2. The minimum atomic E-state index is 1.08. The van der Waals surface area contributed by atoms with E-state index in [1.807, 2.05) is 41.5 Å². The van der Waals surface area contributed by atoms with E-state index < -0.39 is 0 Å². The van der Waals surface area contributed by atoms with Crippen molar-refractivity contribution in [1.82, 2.24) is 0 Å². The monoisotopic (exact) mass is 334 g/mol. The van der Waals surface area contributed by atoms with Gasteiger partial charge in [-0.25, -0.2) is 0 Å². The van der Waals surface area contributed by atoms with Crippen LogP contribution in [0.1, 0.15) is 63.8 Å². The summed E-state index contributed by atoms with van der Waals surface area (Å²) in [5, 5.41) is 2.79. The summed E-state index contributed by atoms with van der Waals surface area (Å²) in [6.07, 6.45) is 1.08. The van der Waals surface area contributed by atoms with Gasteiger partial charge in [-0.1, -0.05) is 95.6 Å². The number of benzene rings is 3. The topological polar surface area (TPSA) is 0 Å². The molecule has 0 bridgehead atoms. The van der Waals surface area contributed by atoms with Crippen molar-refractivity contribution >= 4 is 10.8 Å². The number of rotatable bonds is 0. The van der Waals surface area contributed by atoms with Gasteiger partial charge >= 0.3 is 0 Å². The summed E-state index contributed by atoms with van der Waals surface area (Å²) < 4.78 is 0. The molecule has 0 atom stereocenters. The Hall–Kier alpha value is -2.08. The maximum absolute atomic E-state index is 2.37. The largest absolute Gasteiger partial charge is 0.0683 e. The third-order valence-electron chi connectivity index (χ3n) is 4.24. The van der Waals surface area contributed by atoms with E-state index >= 15 is 0 Å². The smallest absolute Gasteiger partial charge is 0.00130 e. The second-order valence-electron chi connectivity index (χ2n) is 5.61. The van der Waals surface area contributed by atoms with E-state index in [4.69, 9.17) is 0 Å². The Balaban J connectivity index is 0.000000475. The molecule has 25 heavy (non-hydrogen) atoms. The zero-order valence-corrected chi connectivity index (χ0v) is 17.3. The molecule has 0 heterocycles. The van der Waals surface area contributed by atoms with E-state index in [1.165, 1.54) is 44.2 Å². The summed E-state index contributed by atoms with van der Waals surface area (Å²) in [6.45, 7) is 16.4. The Bertz CT molecular complexity index is 810. The molecule has 0 nitrogen and oxygen atoms in total. The quantitative estimate of drug-likeness (QED) is 0.304. The van der Waals surface area contributed by atoms with Crippen LogP contribution in [0.25, 0.3) is 21.9 Å². The zero-order chi connectivity index (χ0) is 19.0. The fourth-order valence-corrected chi connectivity index (χ4v) is 3.40. The van der Waals surface area contributed by atoms with E-state index in [-0.39, 0.29) is 0 Å². The van der Waals surface area contributed by atoms with Crippen LogP contribution in [-0.4, -0.2) is 0 Å². The predicted molar refractivity (Wildman–Crippen MR) is 116 cm³/mol. The Morgan fingerprint density at radius 3 is 1.88 bits per heavy atom. The van der Waals surface area contributed by atoms with Crippen molar-refractivity contribution in [2.24, 2.45) is 0 Å². The van der Waals surface area contributed by atoms with Crippen molar-refractivity contribution in [3.8, 4) is 11.1 Å². The Morgan fingerprint density at radius 2 is 1.24 bits per heavy atom. The third kappa shape index (κ3) is 4.12. The molecule has 0 amide bonds. The Morgan fingerprint density at radius 1 is 0.640 bits per heavy atom. The maximum Gasteiger partial charge on any atom is -0.00130 e. The summed E-state index contributed by atoms with van der Waals surface area (Å²) in [5.74, 6) is 0. The fourth-order valence-electron chi connectivity index (χ4n) is 3.40. The van der Waals surface area contributed by atoms with Crippen LogP contribution in [0.2, 0.25) is 0 Å². The van der Waals surface area contributed by atoms with Gasteiger partial charge in [-0.05, 0) is 58.9 Å². The van der Waals surface area contributed by atoms with Crippen LogP contribution in [0, 0.1) is 13.8 Å².